The molecular formula is C22H23NOS. The molecule has 0 saturated carbocycles. The summed E-state index contributed by atoms with van der Waals surface area (Å²) in [5.41, 5.74) is 2.57. The Morgan fingerprint density at radius 2 is 1.64 bits per heavy atom. The van der Waals surface area contributed by atoms with Crippen molar-refractivity contribution >= 4 is 28.4 Å². The summed E-state index contributed by atoms with van der Waals surface area (Å²) in [7, 11) is 0. The van der Waals surface area contributed by atoms with Gasteiger partial charge in [0, 0.05) is 24.5 Å². The summed E-state index contributed by atoms with van der Waals surface area (Å²) in [5.74, 6) is 2.06. The molecular weight excluding hydrogens is 326 g/mol. The minimum absolute atomic E-state index is 0.133. The maximum absolute atomic E-state index is 12.1. The zero-order valence-electron chi connectivity index (χ0n) is 14.3. The highest BCUT2D eigenvalue weighted by Crippen LogP contribution is 2.19. The summed E-state index contributed by atoms with van der Waals surface area (Å²) in [6, 6.07) is 25.1. The van der Waals surface area contributed by atoms with Gasteiger partial charge in [-0.3, -0.25) is 4.79 Å². The minimum atomic E-state index is 0.133. The van der Waals surface area contributed by atoms with E-state index >= 15 is 0 Å². The molecule has 3 aromatic rings. The van der Waals surface area contributed by atoms with Crippen LogP contribution in [0.1, 0.15) is 17.5 Å². The molecule has 0 fully saturated rings. The van der Waals surface area contributed by atoms with Gasteiger partial charge in [0.15, 0.2) is 0 Å². The van der Waals surface area contributed by atoms with Crippen molar-refractivity contribution in [2.24, 2.45) is 0 Å². The van der Waals surface area contributed by atoms with Crippen molar-refractivity contribution in [1.82, 2.24) is 5.32 Å². The van der Waals surface area contributed by atoms with Gasteiger partial charge in [-0.15, -0.1) is 0 Å². The number of carbonyl (C=O) groups is 1. The predicted octanol–water partition coefficient (Wildman–Crippen LogP) is 4.82. The van der Waals surface area contributed by atoms with Gasteiger partial charge in [-0.1, -0.05) is 72.8 Å². The van der Waals surface area contributed by atoms with E-state index < -0.39 is 0 Å². The lowest BCUT2D eigenvalue weighted by atomic mass is 10.0. The summed E-state index contributed by atoms with van der Waals surface area (Å²) >= 11 is 1.85. The third-order valence-electron chi connectivity index (χ3n) is 4.18. The second kappa shape index (κ2) is 9.28. The predicted molar refractivity (Wildman–Crippen MR) is 108 cm³/mol. The Morgan fingerprint density at radius 1 is 0.880 bits per heavy atom. The highest BCUT2D eigenvalue weighted by molar-refractivity contribution is 7.98. The average Bonchev–Trinajstić information content (AvgIpc) is 2.67. The molecule has 3 aromatic carbocycles. The number of nitrogens with one attached hydrogen (secondary N) is 1. The van der Waals surface area contributed by atoms with E-state index in [2.05, 4.69) is 66.0 Å². The molecule has 0 spiro atoms. The summed E-state index contributed by atoms with van der Waals surface area (Å²) in [5, 5.41) is 5.51. The molecule has 0 aliphatic rings. The Hall–Kier alpha value is -2.26. The number of hydrogen-bond donors (Lipinski definition) is 1. The Kier molecular flexibility index (Phi) is 6.52. The monoisotopic (exact) mass is 349 g/mol. The van der Waals surface area contributed by atoms with Crippen LogP contribution in [0, 0.1) is 0 Å². The summed E-state index contributed by atoms with van der Waals surface area (Å²) in [4.78, 5) is 12.1. The number of amides is 1. The van der Waals surface area contributed by atoms with Gasteiger partial charge in [0.05, 0.1) is 0 Å². The van der Waals surface area contributed by atoms with Gasteiger partial charge in [0.25, 0.3) is 0 Å². The molecule has 0 radical (unpaired) electrons. The van der Waals surface area contributed by atoms with Crippen LogP contribution in [-0.4, -0.2) is 18.2 Å². The van der Waals surface area contributed by atoms with Crippen molar-refractivity contribution in [3.05, 3.63) is 83.9 Å². The molecule has 0 heterocycles. The molecule has 0 unspecified atom stereocenters. The van der Waals surface area contributed by atoms with Crippen LogP contribution in [0.15, 0.2) is 72.8 Å². The molecule has 3 rings (SSSR count). The first-order chi connectivity index (χ1) is 12.3. The molecule has 0 saturated heterocycles. The second-order valence-electron chi connectivity index (χ2n) is 6.03. The maximum Gasteiger partial charge on any atom is 0.220 e. The molecule has 3 heteroatoms. The molecule has 0 bridgehead atoms. The summed E-state index contributed by atoms with van der Waals surface area (Å²) in [6.07, 6.45) is 1.32. The van der Waals surface area contributed by atoms with Gasteiger partial charge in [-0.05, 0) is 28.3 Å². The van der Waals surface area contributed by atoms with Crippen molar-refractivity contribution in [3.8, 4) is 0 Å². The third-order valence-corrected chi connectivity index (χ3v) is 5.21. The zero-order valence-corrected chi connectivity index (χ0v) is 15.1. The third kappa shape index (κ3) is 5.36. The number of carbonyl (C=O) groups excluding carboxylic acids is 1. The quantitative estimate of drug-likeness (QED) is 0.591. The van der Waals surface area contributed by atoms with Crippen molar-refractivity contribution in [1.29, 1.82) is 0 Å². The van der Waals surface area contributed by atoms with E-state index in [4.69, 9.17) is 0 Å². The number of hydrogen-bond acceptors (Lipinski definition) is 2. The average molecular weight is 349 g/mol. The van der Waals surface area contributed by atoms with E-state index in [1.54, 1.807) is 0 Å². The lowest BCUT2D eigenvalue weighted by Gasteiger charge is -2.08. The lowest BCUT2D eigenvalue weighted by molar-refractivity contribution is -0.120. The largest absolute Gasteiger partial charge is 0.355 e. The number of fused-ring (bicyclic) bond motifs is 1. The van der Waals surface area contributed by atoms with E-state index in [9.17, 15) is 4.79 Å². The molecule has 1 N–H and O–H groups in total. The van der Waals surface area contributed by atoms with Crippen molar-refractivity contribution < 1.29 is 4.79 Å². The topological polar surface area (TPSA) is 29.1 Å². The fourth-order valence-corrected chi connectivity index (χ4v) is 3.69. The van der Waals surface area contributed by atoms with Crippen LogP contribution in [0.4, 0.5) is 0 Å². The first kappa shape index (κ1) is 17.6. The van der Waals surface area contributed by atoms with E-state index in [0.717, 1.165) is 24.5 Å². The normalized spacial score (nSPS) is 10.7. The second-order valence-corrected chi connectivity index (χ2v) is 7.13. The standard InChI is InChI=1S/C22H23NOS/c24-22(23-15-16-25-17-18-7-2-1-3-8-18)14-13-20-11-6-10-19-9-4-5-12-21(19)20/h1-12H,13-17H2,(H,23,24). The van der Waals surface area contributed by atoms with E-state index in [1.165, 1.54) is 21.9 Å². The molecule has 0 aliphatic heterocycles. The molecule has 2 nitrogen and oxygen atoms in total. The summed E-state index contributed by atoms with van der Waals surface area (Å²) < 4.78 is 0. The van der Waals surface area contributed by atoms with Crippen molar-refractivity contribution in [2.45, 2.75) is 18.6 Å². The number of aryl methyl sites for hydroxylation is 1. The van der Waals surface area contributed by atoms with Gasteiger partial charge in [-0.2, -0.15) is 11.8 Å². The maximum atomic E-state index is 12.1. The number of thioether (sulfide) groups is 1. The molecule has 0 atom stereocenters. The van der Waals surface area contributed by atoms with Gasteiger partial charge in [0.1, 0.15) is 0 Å². The smallest absolute Gasteiger partial charge is 0.220 e. The Labute approximate surface area is 153 Å². The molecule has 1 amide bonds. The fourth-order valence-electron chi connectivity index (χ4n) is 2.87. The molecule has 25 heavy (non-hydrogen) atoms. The number of rotatable bonds is 8. The summed E-state index contributed by atoms with van der Waals surface area (Å²) in [6.45, 7) is 0.728. The Balaban J connectivity index is 1.38. The van der Waals surface area contributed by atoms with Gasteiger partial charge in [-0.25, -0.2) is 0 Å². The van der Waals surface area contributed by atoms with Gasteiger partial charge in [0.2, 0.25) is 5.91 Å². The van der Waals surface area contributed by atoms with Crippen LogP contribution >= 0.6 is 11.8 Å². The first-order valence-electron chi connectivity index (χ1n) is 8.68. The van der Waals surface area contributed by atoms with Crippen LogP contribution in [0.2, 0.25) is 0 Å². The highest BCUT2D eigenvalue weighted by Gasteiger charge is 2.05. The Morgan fingerprint density at radius 3 is 2.52 bits per heavy atom. The zero-order chi connectivity index (χ0) is 17.3. The van der Waals surface area contributed by atoms with E-state index in [1.807, 2.05) is 23.9 Å². The minimum Gasteiger partial charge on any atom is -0.355 e. The van der Waals surface area contributed by atoms with Gasteiger partial charge >= 0.3 is 0 Å². The molecule has 0 aromatic heterocycles. The van der Waals surface area contributed by atoms with Gasteiger partial charge < -0.3 is 5.32 Å². The highest BCUT2D eigenvalue weighted by atomic mass is 32.2. The van der Waals surface area contributed by atoms with Crippen LogP contribution in [0.3, 0.4) is 0 Å². The van der Waals surface area contributed by atoms with Crippen molar-refractivity contribution in [2.75, 3.05) is 12.3 Å². The van der Waals surface area contributed by atoms with Crippen LogP contribution in [0.5, 0.6) is 0 Å². The molecule has 0 aliphatic carbocycles. The Bertz CT molecular complexity index is 811. The van der Waals surface area contributed by atoms with Crippen LogP contribution < -0.4 is 5.32 Å². The lowest BCUT2D eigenvalue weighted by Crippen LogP contribution is -2.25. The fraction of sp³-hybridized carbons (Fsp3) is 0.227. The van der Waals surface area contributed by atoms with Crippen molar-refractivity contribution in [3.63, 3.8) is 0 Å². The first-order valence-corrected chi connectivity index (χ1v) is 9.83. The molecule has 128 valence electrons. The SMILES string of the molecule is O=C(CCc1cccc2ccccc12)NCCSCc1ccccc1. The van der Waals surface area contributed by atoms with Crippen LogP contribution in [-0.2, 0) is 17.0 Å². The number of benzene rings is 3. The van der Waals surface area contributed by atoms with Crippen LogP contribution in [0.25, 0.3) is 10.8 Å². The van der Waals surface area contributed by atoms with E-state index in [-0.39, 0.29) is 5.91 Å². The van der Waals surface area contributed by atoms with E-state index in [0.29, 0.717) is 6.42 Å².